The molecule has 7 heteroatoms. The highest BCUT2D eigenvalue weighted by atomic mass is 16.5. The monoisotopic (exact) mass is 347 g/mol. The fraction of sp³-hybridized carbons (Fsp3) is 0.556. The maximum Gasteiger partial charge on any atom is 0.251 e. The van der Waals surface area contributed by atoms with Crippen LogP contribution in [0.2, 0.25) is 0 Å². The van der Waals surface area contributed by atoms with E-state index >= 15 is 0 Å². The maximum atomic E-state index is 12.6. The molecule has 0 aliphatic carbocycles. The minimum atomic E-state index is -0.444. The number of ether oxygens (including phenoxy) is 2. The second-order valence-corrected chi connectivity index (χ2v) is 6.16. The number of benzene rings is 1. The molecule has 0 unspecified atom stereocenters. The van der Waals surface area contributed by atoms with Crippen molar-refractivity contribution in [2.24, 2.45) is 0 Å². The lowest BCUT2D eigenvalue weighted by Gasteiger charge is -2.27. The van der Waals surface area contributed by atoms with Crippen LogP contribution in [0.4, 0.5) is 5.69 Å². The van der Waals surface area contributed by atoms with Crippen LogP contribution in [-0.2, 0) is 14.3 Å². The van der Waals surface area contributed by atoms with Crippen molar-refractivity contribution >= 4 is 17.5 Å². The molecule has 2 aliphatic heterocycles. The molecule has 1 N–H and O–H groups in total. The topological polar surface area (TPSA) is 71.1 Å². The Morgan fingerprint density at radius 2 is 1.92 bits per heavy atom. The third-order valence-corrected chi connectivity index (χ3v) is 4.48. The number of rotatable bonds is 7. The van der Waals surface area contributed by atoms with Gasteiger partial charge in [-0.15, -0.1) is 0 Å². The first kappa shape index (κ1) is 17.8. The number of carbonyl (C=O) groups excluding carboxylic acids is 2. The maximum absolute atomic E-state index is 12.6. The van der Waals surface area contributed by atoms with Gasteiger partial charge in [0.05, 0.1) is 38.0 Å². The molecule has 2 heterocycles. The highest BCUT2D eigenvalue weighted by molar-refractivity contribution is 6.22. The van der Waals surface area contributed by atoms with E-state index in [9.17, 15) is 9.59 Å². The van der Waals surface area contributed by atoms with Gasteiger partial charge in [0.25, 0.3) is 5.91 Å². The summed E-state index contributed by atoms with van der Waals surface area (Å²) < 4.78 is 10.7. The number of imide groups is 1. The second-order valence-electron chi connectivity index (χ2n) is 6.16. The fourth-order valence-electron chi connectivity index (χ4n) is 3.14. The molecule has 7 nitrogen and oxygen atoms in total. The van der Waals surface area contributed by atoms with E-state index in [4.69, 9.17) is 9.47 Å². The van der Waals surface area contributed by atoms with Crippen LogP contribution >= 0.6 is 0 Å². The first-order chi connectivity index (χ1) is 12.2. The summed E-state index contributed by atoms with van der Waals surface area (Å²) in [6.07, 6.45) is 0.204. The Balaban J connectivity index is 1.54. The van der Waals surface area contributed by atoms with Crippen molar-refractivity contribution in [2.75, 3.05) is 50.9 Å². The summed E-state index contributed by atoms with van der Waals surface area (Å²) in [7, 11) is 0. The summed E-state index contributed by atoms with van der Waals surface area (Å²) >= 11 is 0. The zero-order chi connectivity index (χ0) is 17.6. The van der Waals surface area contributed by atoms with Crippen molar-refractivity contribution in [3.63, 3.8) is 0 Å². The Morgan fingerprint density at radius 1 is 1.20 bits per heavy atom. The zero-order valence-corrected chi connectivity index (χ0v) is 14.6. The molecule has 3 rings (SSSR count). The molecular weight excluding hydrogens is 322 g/mol. The Hall–Kier alpha value is -1.96. The van der Waals surface area contributed by atoms with Crippen molar-refractivity contribution in [1.29, 1.82) is 0 Å². The minimum absolute atomic E-state index is 0.168. The van der Waals surface area contributed by atoms with Gasteiger partial charge in [-0.05, 0) is 31.2 Å². The number of hydrogen-bond acceptors (Lipinski definition) is 6. The summed E-state index contributed by atoms with van der Waals surface area (Å²) in [4.78, 5) is 28.4. The first-order valence-electron chi connectivity index (χ1n) is 8.82. The van der Waals surface area contributed by atoms with Crippen LogP contribution < -0.4 is 15.0 Å². The predicted octanol–water partition coefficient (Wildman–Crippen LogP) is 0.639. The van der Waals surface area contributed by atoms with Crippen LogP contribution in [0.5, 0.6) is 5.75 Å². The summed E-state index contributed by atoms with van der Waals surface area (Å²) in [5, 5.41) is 3.22. The molecule has 2 aliphatic rings. The van der Waals surface area contributed by atoms with Crippen LogP contribution in [0.25, 0.3) is 0 Å². The van der Waals surface area contributed by atoms with Crippen LogP contribution in [0.1, 0.15) is 13.3 Å². The Kier molecular flexibility index (Phi) is 6.01. The molecule has 1 aromatic carbocycles. The molecule has 0 bridgehead atoms. The first-order valence-corrected chi connectivity index (χ1v) is 8.82. The van der Waals surface area contributed by atoms with E-state index in [0.29, 0.717) is 18.8 Å². The smallest absolute Gasteiger partial charge is 0.251 e. The number of nitrogens with one attached hydrogen (secondary N) is 1. The largest absolute Gasteiger partial charge is 0.494 e. The highest BCUT2D eigenvalue weighted by Crippen LogP contribution is 2.25. The molecule has 136 valence electrons. The lowest BCUT2D eigenvalue weighted by molar-refractivity contribution is -0.121. The molecule has 1 aromatic rings. The molecule has 2 amide bonds. The average molecular weight is 347 g/mol. The normalized spacial score (nSPS) is 21.8. The lowest BCUT2D eigenvalue weighted by atomic mass is 10.2. The van der Waals surface area contributed by atoms with E-state index in [1.54, 1.807) is 24.3 Å². The van der Waals surface area contributed by atoms with Crippen LogP contribution in [0.3, 0.4) is 0 Å². The second kappa shape index (κ2) is 8.42. The molecule has 2 saturated heterocycles. The van der Waals surface area contributed by atoms with Gasteiger partial charge in [-0.1, -0.05) is 0 Å². The zero-order valence-electron chi connectivity index (χ0n) is 14.6. The minimum Gasteiger partial charge on any atom is -0.494 e. The van der Waals surface area contributed by atoms with Crippen molar-refractivity contribution in [2.45, 2.75) is 19.4 Å². The molecule has 0 spiro atoms. The quantitative estimate of drug-likeness (QED) is 0.730. The summed E-state index contributed by atoms with van der Waals surface area (Å²) in [5.74, 6) is 0.375. The van der Waals surface area contributed by atoms with Crippen molar-refractivity contribution in [3.8, 4) is 5.75 Å². The average Bonchev–Trinajstić information content (AvgIpc) is 2.91. The van der Waals surface area contributed by atoms with E-state index < -0.39 is 6.04 Å². The van der Waals surface area contributed by atoms with E-state index in [1.807, 2.05) is 6.92 Å². The van der Waals surface area contributed by atoms with Gasteiger partial charge >= 0.3 is 0 Å². The number of hydrogen-bond donors (Lipinski definition) is 1. The van der Waals surface area contributed by atoms with Gasteiger partial charge in [-0.25, -0.2) is 4.90 Å². The number of amides is 2. The van der Waals surface area contributed by atoms with Crippen molar-refractivity contribution < 1.29 is 19.1 Å². The third-order valence-electron chi connectivity index (χ3n) is 4.48. The Bertz CT molecular complexity index is 599. The van der Waals surface area contributed by atoms with E-state index in [2.05, 4.69) is 10.2 Å². The lowest BCUT2D eigenvalue weighted by Crippen LogP contribution is -2.44. The van der Waals surface area contributed by atoms with E-state index in [1.165, 1.54) is 4.90 Å². The van der Waals surface area contributed by atoms with Gasteiger partial charge in [0.1, 0.15) is 5.75 Å². The third kappa shape index (κ3) is 4.36. The standard InChI is InChI=1S/C18H25N3O4/c1-2-25-15-5-3-14(4-6-15)21-17(22)13-16(18(21)23)19-7-8-20-9-11-24-12-10-20/h3-6,16,19H,2,7-13H2,1H3/t16-/m0/s1. The summed E-state index contributed by atoms with van der Waals surface area (Å²) in [5.41, 5.74) is 0.593. The van der Waals surface area contributed by atoms with Crippen LogP contribution in [0.15, 0.2) is 24.3 Å². The molecular formula is C18H25N3O4. The number of anilines is 1. The number of carbonyl (C=O) groups is 2. The Labute approximate surface area is 147 Å². The Morgan fingerprint density at radius 3 is 2.60 bits per heavy atom. The molecule has 0 aromatic heterocycles. The number of nitrogens with zero attached hydrogens (tertiary/aromatic N) is 2. The summed E-state index contributed by atoms with van der Waals surface area (Å²) in [6.45, 7) is 7.36. The molecule has 1 atom stereocenters. The highest BCUT2D eigenvalue weighted by Gasteiger charge is 2.39. The van der Waals surface area contributed by atoms with E-state index in [-0.39, 0.29) is 18.2 Å². The summed E-state index contributed by atoms with van der Waals surface area (Å²) in [6, 6.07) is 6.60. The van der Waals surface area contributed by atoms with Crippen molar-refractivity contribution in [3.05, 3.63) is 24.3 Å². The molecule has 0 radical (unpaired) electrons. The van der Waals surface area contributed by atoms with Gasteiger partial charge in [-0.3, -0.25) is 14.5 Å². The molecule has 25 heavy (non-hydrogen) atoms. The molecule has 2 fully saturated rings. The van der Waals surface area contributed by atoms with Gasteiger partial charge in [0.15, 0.2) is 0 Å². The molecule has 0 saturated carbocycles. The van der Waals surface area contributed by atoms with E-state index in [0.717, 1.165) is 38.6 Å². The van der Waals surface area contributed by atoms with Gasteiger partial charge in [0.2, 0.25) is 5.91 Å². The van der Waals surface area contributed by atoms with Crippen molar-refractivity contribution in [1.82, 2.24) is 10.2 Å². The van der Waals surface area contributed by atoms with Gasteiger partial charge < -0.3 is 14.8 Å². The van der Waals surface area contributed by atoms with Crippen LogP contribution in [-0.4, -0.2) is 68.8 Å². The number of morpholine rings is 1. The van der Waals surface area contributed by atoms with Crippen LogP contribution in [0, 0.1) is 0 Å². The van der Waals surface area contributed by atoms with Gasteiger partial charge in [0, 0.05) is 26.2 Å². The SMILES string of the molecule is CCOc1ccc(N2C(=O)C[C@H](NCCN3CCOCC3)C2=O)cc1. The predicted molar refractivity (Wildman–Crippen MR) is 93.8 cm³/mol. The van der Waals surface area contributed by atoms with Gasteiger partial charge in [-0.2, -0.15) is 0 Å². The fourth-order valence-corrected chi connectivity index (χ4v) is 3.14.